The number of nitrogens with two attached hydrogens (primary N) is 1. The van der Waals surface area contributed by atoms with Crippen LogP contribution in [0.3, 0.4) is 0 Å². The minimum absolute atomic E-state index is 0.208. The van der Waals surface area contributed by atoms with Crippen LogP contribution < -0.4 is 11.1 Å². The summed E-state index contributed by atoms with van der Waals surface area (Å²) in [7, 11) is 1.66. The van der Waals surface area contributed by atoms with Gasteiger partial charge >= 0.3 is 0 Å². The highest BCUT2D eigenvalue weighted by molar-refractivity contribution is 5.85. The van der Waals surface area contributed by atoms with Gasteiger partial charge in [-0.3, -0.25) is 4.79 Å². The fourth-order valence-electron chi connectivity index (χ4n) is 2.93. The van der Waals surface area contributed by atoms with E-state index in [9.17, 15) is 4.79 Å². The van der Waals surface area contributed by atoms with E-state index in [1.54, 1.807) is 7.11 Å². The van der Waals surface area contributed by atoms with Crippen molar-refractivity contribution in [2.45, 2.75) is 44.6 Å². The van der Waals surface area contributed by atoms with E-state index in [0.29, 0.717) is 25.7 Å². The van der Waals surface area contributed by atoms with E-state index in [0.717, 1.165) is 38.6 Å². The third-order valence-electron chi connectivity index (χ3n) is 3.99. The second-order valence-electron chi connectivity index (χ2n) is 5.25. The first-order valence-electron chi connectivity index (χ1n) is 7.29. The zero-order valence-electron chi connectivity index (χ0n) is 12.2. The van der Waals surface area contributed by atoms with E-state index in [2.05, 4.69) is 12.2 Å². The molecule has 1 aliphatic rings. The van der Waals surface area contributed by atoms with Crippen molar-refractivity contribution in [2.75, 3.05) is 33.5 Å². The monoisotopic (exact) mass is 272 g/mol. The lowest BCUT2D eigenvalue weighted by molar-refractivity contribution is -0.126. The molecule has 1 rings (SSSR count). The van der Waals surface area contributed by atoms with E-state index in [-0.39, 0.29) is 5.91 Å². The summed E-state index contributed by atoms with van der Waals surface area (Å²) < 4.78 is 10.4. The van der Waals surface area contributed by atoms with Crippen molar-refractivity contribution >= 4 is 5.91 Å². The van der Waals surface area contributed by atoms with Crippen LogP contribution in [0.25, 0.3) is 0 Å². The summed E-state index contributed by atoms with van der Waals surface area (Å²) in [6.07, 6.45) is 4.84. The molecule has 0 radical (unpaired) electrons. The van der Waals surface area contributed by atoms with Crippen LogP contribution >= 0.6 is 0 Å². The molecule has 0 heterocycles. The lowest BCUT2D eigenvalue weighted by atomic mass is 9.84. The maximum Gasteiger partial charge on any atom is 0.238 e. The SMILES string of the molecule is CCCNC1(C(N)=O)CCCC1CCOCCOC. The standard InChI is InChI=1S/C14H28N2O3/c1-3-8-16-14(13(15)17)7-4-5-12(14)6-9-19-11-10-18-2/h12,16H,3-11H2,1-2H3,(H2,15,17). The molecule has 2 atom stereocenters. The molecule has 1 saturated carbocycles. The van der Waals surface area contributed by atoms with Crippen molar-refractivity contribution in [3.63, 3.8) is 0 Å². The van der Waals surface area contributed by atoms with Gasteiger partial charge in [0.05, 0.1) is 13.2 Å². The minimum atomic E-state index is -0.513. The van der Waals surface area contributed by atoms with Crippen molar-refractivity contribution in [3.05, 3.63) is 0 Å². The zero-order chi connectivity index (χ0) is 14.1. The molecular weight excluding hydrogens is 244 g/mol. The summed E-state index contributed by atoms with van der Waals surface area (Å²) in [5.41, 5.74) is 5.14. The molecule has 0 aromatic heterocycles. The van der Waals surface area contributed by atoms with Crippen LogP contribution in [0.15, 0.2) is 0 Å². The lowest BCUT2D eigenvalue weighted by Crippen LogP contribution is -2.58. The number of methoxy groups -OCH3 is 1. The van der Waals surface area contributed by atoms with Crippen molar-refractivity contribution < 1.29 is 14.3 Å². The first-order valence-corrected chi connectivity index (χ1v) is 7.29. The fraction of sp³-hybridized carbons (Fsp3) is 0.929. The molecule has 1 aliphatic carbocycles. The largest absolute Gasteiger partial charge is 0.382 e. The average Bonchev–Trinajstić information content (AvgIpc) is 2.80. The molecular formula is C14H28N2O3. The van der Waals surface area contributed by atoms with Gasteiger partial charge in [-0.25, -0.2) is 0 Å². The number of primary amides is 1. The lowest BCUT2D eigenvalue weighted by Gasteiger charge is -2.33. The highest BCUT2D eigenvalue weighted by atomic mass is 16.5. The zero-order valence-corrected chi connectivity index (χ0v) is 12.2. The summed E-state index contributed by atoms with van der Waals surface area (Å²) in [4.78, 5) is 11.9. The molecule has 0 aliphatic heterocycles. The fourth-order valence-corrected chi connectivity index (χ4v) is 2.93. The Balaban J connectivity index is 2.46. The molecule has 0 bridgehead atoms. The summed E-state index contributed by atoms with van der Waals surface area (Å²) in [6, 6.07) is 0. The molecule has 2 unspecified atom stereocenters. The van der Waals surface area contributed by atoms with Gasteiger partial charge in [0, 0.05) is 13.7 Å². The molecule has 1 amide bonds. The van der Waals surface area contributed by atoms with Crippen LogP contribution in [0.1, 0.15) is 39.0 Å². The number of hydrogen-bond acceptors (Lipinski definition) is 4. The molecule has 5 nitrogen and oxygen atoms in total. The quantitative estimate of drug-likeness (QED) is 0.583. The number of rotatable bonds is 10. The Morgan fingerprint density at radius 2 is 2.21 bits per heavy atom. The van der Waals surface area contributed by atoms with Gasteiger partial charge in [0.25, 0.3) is 0 Å². The molecule has 19 heavy (non-hydrogen) atoms. The summed E-state index contributed by atoms with van der Waals surface area (Å²) in [5.74, 6) is 0.0828. The van der Waals surface area contributed by atoms with Crippen LogP contribution in [0, 0.1) is 5.92 Å². The number of nitrogens with one attached hydrogen (secondary N) is 1. The Morgan fingerprint density at radius 3 is 2.84 bits per heavy atom. The van der Waals surface area contributed by atoms with Gasteiger partial charge in [0.2, 0.25) is 5.91 Å². The summed E-state index contributed by atoms with van der Waals surface area (Å²) in [6.45, 7) is 4.81. The molecule has 0 saturated heterocycles. The Labute approximate surface area is 116 Å². The molecule has 0 aromatic carbocycles. The Morgan fingerprint density at radius 1 is 1.42 bits per heavy atom. The highest BCUT2D eigenvalue weighted by Crippen LogP contribution is 2.37. The number of carbonyl (C=O) groups excluding carboxylic acids is 1. The molecule has 1 fully saturated rings. The first kappa shape index (κ1) is 16.4. The first-order chi connectivity index (χ1) is 9.17. The van der Waals surface area contributed by atoms with Gasteiger partial charge in [-0.15, -0.1) is 0 Å². The Hall–Kier alpha value is -0.650. The predicted molar refractivity (Wildman–Crippen MR) is 74.9 cm³/mol. The van der Waals surface area contributed by atoms with Crippen LogP contribution in [0.4, 0.5) is 0 Å². The van der Waals surface area contributed by atoms with Crippen molar-refractivity contribution in [3.8, 4) is 0 Å². The Bertz CT molecular complexity index is 273. The van der Waals surface area contributed by atoms with Gasteiger partial charge in [0.15, 0.2) is 0 Å². The molecule has 0 spiro atoms. The topological polar surface area (TPSA) is 73.6 Å². The number of carbonyl (C=O) groups is 1. The van der Waals surface area contributed by atoms with E-state index >= 15 is 0 Å². The Kier molecular flexibility index (Phi) is 7.34. The van der Waals surface area contributed by atoms with Gasteiger partial charge in [0.1, 0.15) is 5.54 Å². The number of ether oxygens (including phenoxy) is 2. The maximum atomic E-state index is 11.9. The van der Waals surface area contributed by atoms with Gasteiger partial charge in [-0.1, -0.05) is 13.3 Å². The average molecular weight is 272 g/mol. The minimum Gasteiger partial charge on any atom is -0.382 e. The van der Waals surface area contributed by atoms with Crippen LogP contribution in [0.2, 0.25) is 0 Å². The van der Waals surface area contributed by atoms with Crippen molar-refractivity contribution in [1.29, 1.82) is 0 Å². The predicted octanol–water partition coefficient (Wildman–Crippen LogP) is 1.06. The van der Waals surface area contributed by atoms with Gasteiger partial charge in [-0.2, -0.15) is 0 Å². The smallest absolute Gasteiger partial charge is 0.238 e. The number of hydrogen-bond donors (Lipinski definition) is 2. The van der Waals surface area contributed by atoms with E-state index in [1.165, 1.54) is 0 Å². The van der Waals surface area contributed by atoms with Gasteiger partial charge < -0.3 is 20.5 Å². The summed E-state index contributed by atoms with van der Waals surface area (Å²) in [5, 5.41) is 3.39. The van der Waals surface area contributed by atoms with E-state index in [1.807, 2.05) is 0 Å². The van der Waals surface area contributed by atoms with E-state index in [4.69, 9.17) is 15.2 Å². The van der Waals surface area contributed by atoms with Gasteiger partial charge in [-0.05, 0) is 38.1 Å². The molecule has 5 heteroatoms. The third-order valence-corrected chi connectivity index (χ3v) is 3.99. The summed E-state index contributed by atoms with van der Waals surface area (Å²) >= 11 is 0. The second kappa shape index (κ2) is 8.51. The van der Waals surface area contributed by atoms with Crippen LogP contribution in [0.5, 0.6) is 0 Å². The van der Waals surface area contributed by atoms with Crippen molar-refractivity contribution in [2.24, 2.45) is 11.7 Å². The third kappa shape index (κ3) is 4.44. The number of amides is 1. The second-order valence-corrected chi connectivity index (χ2v) is 5.25. The molecule has 112 valence electrons. The van der Waals surface area contributed by atoms with Crippen LogP contribution in [-0.4, -0.2) is 44.9 Å². The maximum absolute atomic E-state index is 11.9. The normalized spacial score (nSPS) is 26.7. The highest BCUT2D eigenvalue weighted by Gasteiger charge is 2.46. The molecule has 3 N–H and O–H groups in total. The van der Waals surface area contributed by atoms with E-state index < -0.39 is 5.54 Å². The van der Waals surface area contributed by atoms with Crippen LogP contribution in [-0.2, 0) is 14.3 Å². The molecule has 0 aromatic rings. The van der Waals surface area contributed by atoms with Crippen molar-refractivity contribution in [1.82, 2.24) is 5.32 Å².